The molecule has 1 fully saturated rings. The molecule has 128 valence electrons. The molecule has 1 aliphatic carbocycles. The zero-order valence-electron chi connectivity index (χ0n) is 13.8. The third-order valence-corrected chi connectivity index (χ3v) is 5.32. The van der Waals surface area contributed by atoms with Gasteiger partial charge in [-0.25, -0.2) is 4.98 Å². The maximum atomic E-state index is 12.5. The van der Waals surface area contributed by atoms with Gasteiger partial charge in [0.25, 0.3) is 5.56 Å². The summed E-state index contributed by atoms with van der Waals surface area (Å²) in [6.07, 6.45) is 6.48. The number of carbonyl (C=O) groups is 1. The second-order valence-electron chi connectivity index (χ2n) is 6.59. The smallest absolute Gasteiger partial charge is 0.261 e. The summed E-state index contributed by atoms with van der Waals surface area (Å²) in [6.45, 7) is 2.54. The van der Waals surface area contributed by atoms with E-state index in [4.69, 9.17) is 0 Å². The number of benzene rings is 1. The molecule has 2 atom stereocenters. The first-order valence-electron chi connectivity index (χ1n) is 8.48. The van der Waals surface area contributed by atoms with Gasteiger partial charge >= 0.3 is 0 Å². The van der Waals surface area contributed by atoms with Gasteiger partial charge < -0.3 is 5.32 Å². The van der Waals surface area contributed by atoms with Crippen LogP contribution in [-0.2, 0) is 11.3 Å². The highest BCUT2D eigenvalue weighted by Gasteiger charge is 2.22. The van der Waals surface area contributed by atoms with E-state index in [0.29, 0.717) is 29.8 Å². The minimum Gasteiger partial charge on any atom is -0.353 e. The Bertz CT molecular complexity index is 802. The number of nitrogens with zero attached hydrogens (tertiary/aromatic N) is 2. The number of halogens is 1. The van der Waals surface area contributed by atoms with Crippen LogP contribution in [0.3, 0.4) is 0 Å². The lowest BCUT2D eigenvalue weighted by Gasteiger charge is -2.29. The maximum Gasteiger partial charge on any atom is 0.261 e. The molecule has 1 amide bonds. The number of aryl methyl sites for hydroxylation is 1. The second-order valence-corrected chi connectivity index (χ2v) is 7.51. The van der Waals surface area contributed by atoms with E-state index in [1.54, 1.807) is 6.07 Å². The molecule has 24 heavy (non-hydrogen) atoms. The Labute approximate surface area is 149 Å². The number of carbonyl (C=O) groups excluding carboxylic acids is 1. The molecule has 3 rings (SSSR count). The Kier molecular flexibility index (Phi) is 5.33. The van der Waals surface area contributed by atoms with Crippen LogP contribution in [0.15, 0.2) is 33.8 Å². The molecule has 1 aliphatic rings. The third-order valence-electron chi connectivity index (χ3n) is 4.82. The van der Waals surface area contributed by atoms with E-state index in [2.05, 4.69) is 33.2 Å². The topological polar surface area (TPSA) is 64.0 Å². The summed E-state index contributed by atoms with van der Waals surface area (Å²) in [4.78, 5) is 29.0. The molecule has 0 spiro atoms. The predicted octanol–water partition coefficient (Wildman–Crippen LogP) is 3.24. The van der Waals surface area contributed by atoms with Crippen molar-refractivity contribution in [2.45, 2.75) is 51.6 Å². The van der Waals surface area contributed by atoms with Crippen LogP contribution in [0.4, 0.5) is 0 Å². The van der Waals surface area contributed by atoms with Crippen molar-refractivity contribution in [2.75, 3.05) is 0 Å². The molecule has 2 aromatic rings. The second kappa shape index (κ2) is 7.47. The van der Waals surface area contributed by atoms with Gasteiger partial charge in [-0.2, -0.15) is 0 Å². The van der Waals surface area contributed by atoms with Crippen LogP contribution < -0.4 is 10.9 Å². The van der Waals surface area contributed by atoms with Crippen LogP contribution in [-0.4, -0.2) is 21.5 Å². The average Bonchev–Trinajstić information content (AvgIpc) is 2.57. The van der Waals surface area contributed by atoms with Gasteiger partial charge in [0.1, 0.15) is 0 Å². The monoisotopic (exact) mass is 391 g/mol. The van der Waals surface area contributed by atoms with Gasteiger partial charge in [-0.15, -0.1) is 0 Å². The van der Waals surface area contributed by atoms with Crippen molar-refractivity contribution in [1.29, 1.82) is 0 Å². The van der Waals surface area contributed by atoms with Crippen molar-refractivity contribution >= 4 is 32.7 Å². The Balaban J connectivity index is 1.66. The van der Waals surface area contributed by atoms with Gasteiger partial charge in [0.15, 0.2) is 0 Å². The molecule has 1 saturated carbocycles. The fourth-order valence-electron chi connectivity index (χ4n) is 3.32. The molecule has 1 aromatic heterocycles. The molecule has 0 aliphatic heterocycles. The molecule has 5 nitrogen and oxygen atoms in total. The number of hydrogen-bond acceptors (Lipinski definition) is 3. The molecule has 2 unspecified atom stereocenters. The summed E-state index contributed by atoms with van der Waals surface area (Å²) in [5, 5.41) is 3.69. The van der Waals surface area contributed by atoms with E-state index in [-0.39, 0.29) is 17.5 Å². The van der Waals surface area contributed by atoms with Crippen LogP contribution in [0, 0.1) is 5.92 Å². The quantitative estimate of drug-likeness (QED) is 0.869. The normalized spacial score (nSPS) is 20.9. The van der Waals surface area contributed by atoms with Crippen molar-refractivity contribution in [2.24, 2.45) is 5.92 Å². The zero-order valence-corrected chi connectivity index (χ0v) is 15.4. The zero-order chi connectivity index (χ0) is 17.1. The van der Waals surface area contributed by atoms with Crippen molar-refractivity contribution in [1.82, 2.24) is 14.9 Å². The minimum atomic E-state index is -0.111. The summed E-state index contributed by atoms with van der Waals surface area (Å²) < 4.78 is 2.36. The molecule has 0 saturated heterocycles. The first-order chi connectivity index (χ1) is 11.5. The van der Waals surface area contributed by atoms with E-state index in [9.17, 15) is 9.59 Å². The van der Waals surface area contributed by atoms with Crippen LogP contribution in [0.5, 0.6) is 0 Å². The molecule has 1 N–H and O–H groups in total. The van der Waals surface area contributed by atoms with Gasteiger partial charge in [-0.05, 0) is 37.0 Å². The third kappa shape index (κ3) is 3.86. The van der Waals surface area contributed by atoms with Crippen LogP contribution in [0.25, 0.3) is 10.9 Å². The summed E-state index contributed by atoms with van der Waals surface area (Å²) in [6, 6.07) is 5.71. The number of aromatic nitrogens is 2. The van der Waals surface area contributed by atoms with Gasteiger partial charge in [-0.3, -0.25) is 14.2 Å². The minimum absolute atomic E-state index is 0.00925. The molecule has 1 aromatic carbocycles. The lowest BCUT2D eigenvalue weighted by molar-refractivity contribution is -0.122. The lowest BCUT2D eigenvalue weighted by Crippen LogP contribution is -2.41. The molecule has 6 heteroatoms. The standard InChI is InChI=1S/C18H22BrN3O2/c1-12-4-2-3-5-15(12)21-17(23)8-9-22-11-20-16-7-6-13(19)10-14(16)18(22)24/h6-7,10-12,15H,2-5,8-9H2,1H3,(H,21,23). The Morgan fingerprint density at radius 3 is 2.96 bits per heavy atom. The van der Waals surface area contributed by atoms with Crippen molar-refractivity contribution in [3.63, 3.8) is 0 Å². The van der Waals surface area contributed by atoms with E-state index in [1.165, 1.54) is 30.2 Å². The SMILES string of the molecule is CC1CCCCC1NC(=O)CCn1cnc2ccc(Br)cc2c1=O. The van der Waals surface area contributed by atoms with E-state index < -0.39 is 0 Å². The molecule has 1 heterocycles. The number of fused-ring (bicyclic) bond motifs is 1. The molecule has 0 radical (unpaired) electrons. The number of rotatable bonds is 4. The summed E-state index contributed by atoms with van der Waals surface area (Å²) in [7, 11) is 0. The van der Waals surface area contributed by atoms with Crippen molar-refractivity contribution in [3.8, 4) is 0 Å². The highest BCUT2D eigenvalue weighted by atomic mass is 79.9. The molecular formula is C18H22BrN3O2. The Hall–Kier alpha value is -1.69. The number of amides is 1. The summed E-state index contributed by atoms with van der Waals surface area (Å²) in [5.74, 6) is 0.542. The van der Waals surface area contributed by atoms with Gasteiger partial charge in [0.2, 0.25) is 5.91 Å². The van der Waals surface area contributed by atoms with Crippen LogP contribution in [0.2, 0.25) is 0 Å². The first kappa shape index (κ1) is 17.1. The Morgan fingerprint density at radius 1 is 1.38 bits per heavy atom. The fourth-order valence-corrected chi connectivity index (χ4v) is 3.68. The Morgan fingerprint density at radius 2 is 2.17 bits per heavy atom. The molecular weight excluding hydrogens is 370 g/mol. The van der Waals surface area contributed by atoms with Crippen molar-refractivity contribution < 1.29 is 4.79 Å². The van der Waals surface area contributed by atoms with E-state index in [1.807, 2.05) is 12.1 Å². The number of nitrogens with one attached hydrogen (secondary N) is 1. The molecule has 0 bridgehead atoms. The van der Waals surface area contributed by atoms with E-state index in [0.717, 1.165) is 10.9 Å². The first-order valence-corrected chi connectivity index (χ1v) is 9.28. The van der Waals surface area contributed by atoms with Crippen LogP contribution >= 0.6 is 15.9 Å². The fraction of sp³-hybridized carbons (Fsp3) is 0.500. The largest absolute Gasteiger partial charge is 0.353 e. The highest BCUT2D eigenvalue weighted by molar-refractivity contribution is 9.10. The lowest BCUT2D eigenvalue weighted by atomic mass is 9.86. The van der Waals surface area contributed by atoms with Gasteiger partial charge in [0.05, 0.1) is 17.2 Å². The van der Waals surface area contributed by atoms with Gasteiger partial charge in [0, 0.05) is 23.5 Å². The average molecular weight is 392 g/mol. The summed E-state index contributed by atoms with van der Waals surface area (Å²) >= 11 is 3.37. The van der Waals surface area contributed by atoms with E-state index >= 15 is 0 Å². The van der Waals surface area contributed by atoms with Gasteiger partial charge in [-0.1, -0.05) is 35.7 Å². The maximum absolute atomic E-state index is 12.5. The number of hydrogen-bond donors (Lipinski definition) is 1. The van der Waals surface area contributed by atoms with Crippen LogP contribution in [0.1, 0.15) is 39.0 Å². The predicted molar refractivity (Wildman–Crippen MR) is 97.9 cm³/mol. The highest BCUT2D eigenvalue weighted by Crippen LogP contribution is 2.23. The summed E-state index contributed by atoms with van der Waals surface area (Å²) in [5.41, 5.74) is 0.556. The van der Waals surface area contributed by atoms with Crippen molar-refractivity contribution in [3.05, 3.63) is 39.4 Å².